The van der Waals surface area contributed by atoms with Gasteiger partial charge in [-0.2, -0.15) is 0 Å². The van der Waals surface area contributed by atoms with Gasteiger partial charge < -0.3 is 4.74 Å². The molecular formula is C11H16O2S. The summed E-state index contributed by atoms with van der Waals surface area (Å²) >= 11 is 1.52. The van der Waals surface area contributed by atoms with Crippen LogP contribution in [0.4, 0.5) is 0 Å². The second-order valence-electron chi connectivity index (χ2n) is 3.42. The SMILES string of the molecule is CCC(C)c1cc(C(=O)OC)sc1C. The molecule has 0 aliphatic rings. The molecule has 0 saturated heterocycles. The first kappa shape index (κ1) is 11.2. The highest BCUT2D eigenvalue weighted by Gasteiger charge is 2.15. The molecule has 0 amide bonds. The quantitative estimate of drug-likeness (QED) is 0.718. The van der Waals surface area contributed by atoms with Crippen molar-refractivity contribution in [1.29, 1.82) is 0 Å². The minimum Gasteiger partial charge on any atom is -0.465 e. The van der Waals surface area contributed by atoms with Crippen molar-refractivity contribution in [3.05, 3.63) is 21.4 Å². The summed E-state index contributed by atoms with van der Waals surface area (Å²) in [5.74, 6) is 0.289. The molecule has 3 heteroatoms. The standard InChI is InChI=1S/C11H16O2S/c1-5-7(2)9-6-10(11(12)13-4)14-8(9)3/h6-7H,5H2,1-4H3. The van der Waals surface area contributed by atoms with Crippen LogP contribution in [0, 0.1) is 6.92 Å². The molecule has 0 N–H and O–H groups in total. The van der Waals surface area contributed by atoms with Gasteiger partial charge in [0.15, 0.2) is 0 Å². The van der Waals surface area contributed by atoms with Crippen LogP contribution >= 0.6 is 11.3 Å². The van der Waals surface area contributed by atoms with Crippen LogP contribution < -0.4 is 0 Å². The van der Waals surface area contributed by atoms with Gasteiger partial charge in [0.1, 0.15) is 4.88 Å². The second-order valence-corrected chi connectivity index (χ2v) is 4.68. The summed E-state index contributed by atoms with van der Waals surface area (Å²) in [7, 11) is 1.42. The fourth-order valence-corrected chi connectivity index (χ4v) is 2.47. The Kier molecular flexibility index (Phi) is 3.69. The predicted octanol–water partition coefficient (Wildman–Crippen LogP) is 3.36. The lowest BCUT2D eigenvalue weighted by atomic mass is 9.99. The van der Waals surface area contributed by atoms with Gasteiger partial charge in [0.2, 0.25) is 0 Å². The fraction of sp³-hybridized carbons (Fsp3) is 0.545. The minimum atomic E-state index is -0.229. The minimum absolute atomic E-state index is 0.229. The number of methoxy groups -OCH3 is 1. The van der Waals surface area contributed by atoms with Crippen molar-refractivity contribution in [3.8, 4) is 0 Å². The van der Waals surface area contributed by atoms with Crippen LogP contribution in [0.1, 0.15) is 46.3 Å². The van der Waals surface area contributed by atoms with E-state index < -0.39 is 0 Å². The van der Waals surface area contributed by atoms with Gasteiger partial charge in [-0.15, -0.1) is 11.3 Å². The number of aryl methyl sites for hydroxylation is 1. The Labute approximate surface area is 88.9 Å². The monoisotopic (exact) mass is 212 g/mol. The Morgan fingerprint density at radius 1 is 1.64 bits per heavy atom. The third-order valence-corrected chi connectivity index (χ3v) is 3.53. The Morgan fingerprint density at radius 2 is 2.29 bits per heavy atom. The Morgan fingerprint density at radius 3 is 2.79 bits per heavy atom. The number of hydrogen-bond donors (Lipinski definition) is 0. The summed E-state index contributed by atoms with van der Waals surface area (Å²) in [6.45, 7) is 6.38. The van der Waals surface area contributed by atoms with Crippen LogP contribution in [0.25, 0.3) is 0 Å². The smallest absolute Gasteiger partial charge is 0.348 e. The van der Waals surface area contributed by atoms with E-state index in [1.807, 2.05) is 6.07 Å². The highest BCUT2D eigenvalue weighted by molar-refractivity contribution is 7.14. The van der Waals surface area contributed by atoms with Gasteiger partial charge in [-0.05, 0) is 30.9 Å². The number of carbonyl (C=O) groups excluding carboxylic acids is 1. The van der Waals surface area contributed by atoms with Crippen molar-refractivity contribution < 1.29 is 9.53 Å². The zero-order valence-electron chi connectivity index (χ0n) is 9.09. The van der Waals surface area contributed by atoms with Crippen LogP contribution in [0.2, 0.25) is 0 Å². The predicted molar refractivity (Wildman–Crippen MR) is 59.1 cm³/mol. The van der Waals surface area contributed by atoms with Crippen LogP contribution in [-0.2, 0) is 4.74 Å². The van der Waals surface area contributed by atoms with E-state index in [0.29, 0.717) is 10.8 Å². The van der Waals surface area contributed by atoms with Crippen LogP contribution in [-0.4, -0.2) is 13.1 Å². The summed E-state index contributed by atoms with van der Waals surface area (Å²) in [5, 5.41) is 0. The molecule has 1 heterocycles. The molecule has 0 saturated carbocycles. The Hall–Kier alpha value is -0.830. The number of rotatable bonds is 3. The normalized spacial score (nSPS) is 12.6. The van der Waals surface area contributed by atoms with Crippen molar-refractivity contribution in [2.45, 2.75) is 33.1 Å². The van der Waals surface area contributed by atoms with Crippen LogP contribution in [0.5, 0.6) is 0 Å². The molecule has 2 nitrogen and oxygen atoms in total. The van der Waals surface area contributed by atoms with Gasteiger partial charge in [-0.1, -0.05) is 13.8 Å². The molecule has 0 radical (unpaired) electrons. The zero-order valence-corrected chi connectivity index (χ0v) is 9.90. The van der Waals surface area contributed by atoms with Crippen molar-refractivity contribution in [3.63, 3.8) is 0 Å². The van der Waals surface area contributed by atoms with Crippen molar-refractivity contribution >= 4 is 17.3 Å². The van der Waals surface area contributed by atoms with E-state index in [9.17, 15) is 4.79 Å². The van der Waals surface area contributed by atoms with Crippen LogP contribution in [0.3, 0.4) is 0 Å². The van der Waals surface area contributed by atoms with Gasteiger partial charge in [0.05, 0.1) is 7.11 Å². The molecule has 14 heavy (non-hydrogen) atoms. The largest absolute Gasteiger partial charge is 0.465 e. The van der Waals surface area contributed by atoms with Gasteiger partial charge in [0, 0.05) is 4.88 Å². The summed E-state index contributed by atoms with van der Waals surface area (Å²) in [4.78, 5) is 13.2. The average molecular weight is 212 g/mol. The Balaban J connectivity index is 2.98. The maximum absolute atomic E-state index is 11.3. The van der Waals surface area contributed by atoms with Gasteiger partial charge >= 0.3 is 5.97 Å². The van der Waals surface area contributed by atoms with Gasteiger partial charge in [-0.25, -0.2) is 4.79 Å². The second kappa shape index (κ2) is 4.60. The fourth-order valence-electron chi connectivity index (χ4n) is 1.41. The van der Waals surface area contributed by atoms with E-state index in [2.05, 4.69) is 25.5 Å². The van der Waals surface area contributed by atoms with E-state index >= 15 is 0 Å². The number of thiophene rings is 1. The molecule has 0 aromatic carbocycles. The lowest BCUT2D eigenvalue weighted by molar-refractivity contribution is 0.0606. The number of hydrogen-bond acceptors (Lipinski definition) is 3. The van der Waals surface area contributed by atoms with E-state index in [1.165, 1.54) is 28.9 Å². The van der Waals surface area contributed by atoms with Gasteiger partial charge in [-0.3, -0.25) is 0 Å². The molecule has 0 aliphatic heterocycles. The summed E-state index contributed by atoms with van der Waals surface area (Å²) in [6.07, 6.45) is 1.10. The molecule has 1 unspecified atom stereocenters. The van der Waals surface area contributed by atoms with Crippen molar-refractivity contribution in [2.24, 2.45) is 0 Å². The highest BCUT2D eigenvalue weighted by atomic mass is 32.1. The zero-order chi connectivity index (χ0) is 10.7. The van der Waals surface area contributed by atoms with Crippen molar-refractivity contribution in [2.75, 3.05) is 7.11 Å². The van der Waals surface area contributed by atoms with E-state index in [-0.39, 0.29) is 5.97 Å². The summed E-state index contributed by atoms with van der Waals surface area (Å²) < 4.78 is 4.69. The van der Waals surface area contributed by atoms with Gasteiger partial charge in [0.25, 0.3) is 0 Å². The topological polar surface area (TPSA) is 26.3 Å². The first-order chi connectivity index (χ1) is 6.60. The number of carbonyl (C=O) groups is 1. The summed E-state index contributed by atoms with van der Waals surface area (Å²) in [6, 6.07) is 1.96. The molecular weight excluding hydrogens is 196 g/mol. The van der Waals surface area contributed by atoms with E-state index in [1.54, 1.807) is 0 Å². The summed E-state index contributed by atoms with van der Waals surface area (Å²) in [5.41, 5.74) is 1.28. The van der Waals surface area contributed by atoms with E-state index in [4.69, 9.17) is 0 Å². The number of ether oxygens (including phenoxy) is 1. The lowest BCUT2D eigenvalue weighted by Gasteiger charge is -2.06. The highest BCUT2D eigenvalue weighted by Crippen LogP contribution is 2.29. The maximum atomic E-state index is 11.3. The first-order valence-corrected chi connectivity index (χ1v) is 5.60. The number of esters is 1. The lowest BCUT2D eigenvalue weighted by Crippen LogP contribution is -1.97. The first-order valence-electron chi connectivity index (χ1n) is 4.78. The molecule has 1 aromatic rings. The molecule has 0 fully saturated rings. The molecule has 78 valence electrons. The molecule has 1 rings (SSSR count). The molecule has 0 bridgehead atoms. The van der Waals surface area contributed by atoms with Crippen molar-refractivity contribution in [1.82, 2.24) is 0 Å². The third-order valence-electron chi connectivity index (χ3n) is 2.49. The molecule has 0 spiro atoms. The Bertz CT molecular complexity index is 328. The third kappa shape index (κ3) is 2.15. The molecule has 1 aromatic heterocycles. The molecule has 1 atom stereocenters. The average Bonchev–Trinajstić information content (AvgIpc) is 2.58. The van der Waals surface area contributed by atoms with Crippen LogP contribution in [0.15, 0.2) is 6.07 Å². The maximum Gasteiger partial charge on any atom is 0.348 e. The van der Waals surface area contributed by atoms with E-state index in [0.717, 1.165) is 6.42 Å². The molecule has 0 aliphatic carbocycles.